The molecule has 7 heteroatoms. The SMILES string of the molecule is CC(C)C(N)CC(=O)NC(CC(=O)O)C(=O)O. The summed E-state index contributed by atoms with van der Waals surface area (Å²) in [6.45, 7) is 3.67. The van der Waals surface area contributed by atoms with Gasteiger partial charge in [-0.3, -0.25) is 9.59 Å². The van der Waals surface area contributed by atoms with Gasteiger partial charge in [-0.2, -0.15) is 0 Å². The smallest absolute Gasteiger partial charge is 0.326 e. The quantitative estimate of drug-likeness (QED) is 0.474. The van der Waals surface area contributed by atoms with Gasteiger partial charge in [0.25, 0.3) is 0 Å². The van der Waals surface area contributed by atoms with Crippen LogP contribution >= 0.6 is 0 Å². The summed E-state index contributed by atoms with van der Waals surface area (Å²) in [4.78, 5) is 32.5. The van der Waals surface area contributed by atoms with Crippen molar-refractivity contribution in [1.29, 1.82) is 0 Å². The third kappa shape index (κ3) is 6.52. The Labute approximate surface area is 99.0 Å². The normalized spacial score (nSPS) is 14.1. The van der Waals surface area contributed by atoms with Crippen LogP contribution in [-0.4, -0.2) is 40.1 Å². The van der Waals surface area contributed by atoms with Gasteiger partial charge in [0.15, 0.2) is 0 Å². The van der Waals surface area contributed by atoms with Crippen LogP contribution in [-0.2, 0) is 14.4 Å². The molecule has 7 nitrogen and oxygen atoms in total. The molecule has 0 heterocycles. The van der Waals surface area contributed by atoms with Crippen molar-refractivity contribution in [2.75, 3.05) is 0 Å². The van der Waals surface area contributed by atoms with Crippen molar-refractivity contribution in [1.82, 2.24) is 5.32 Å². The maximum atomic E-state index is 11.4. The van der Waals surface area contributed by atoms with Crippen LogP contribution in [0.1, 0.15) is 26.7 Å². The molecule has 0 bridgehead atoms. The fourth-order valence-corrected chi connectivity index (χ4v) is 1.08. The summed E-state index contributed by atoms with van der Waals surface area (Å²) in [5.74, 6) is -3.13. The number of nitrogens with two attached hydrogens (primary N) is 1. The van der Waals surface area contributed by atoms with Gasteiger partial charge in [-0.05, 0) is 5.92 Å². The van der Waals surface area contributed by atoms with Gasteiger partial charge in [-0.1, -0.05) is 13.8 Å². The molecule has 0 aliphatic heterocycles. The summed E-state index contributed by atoms with van der Waals surface area (Å²) < 4.78 is 0. The number of rotatable bonds is 7. The molecule has 98 valence electrons. The minimum Gasteiger partial charge on any atom is -0.481 e. The third-order valence-corrected chi connectivity index (χ3v) is 2.29. The Morgan fingerprint density at radius 1 is 1.18 bits per heavy atom. The monoisotopic (exact) mass is 246 g/mol. The number of carboxylic acids is 2. The first-order valence-electron chi connectivity index (χ1n) is 5.23. The summed E-state index contributed by atoms with van der Waals surface area (Å²) in [5.41, 5.74) is 5.65. The molecule has 0 radical (unpaired) electrons. The van der Waals surface area contributed by atoms with E-state index in [1.54, 1.807) is 0 Å². The second-order valence-corrected chi connectivity index (χ2v) is 4.17. The highest BCUT2D eigenvalue weighted by atomic mass is 16.4. The maximum absolute atomic E-state index is 11.4. The van der Waals surface area contributed by atoms with Crippen molar-refractivity contribution >= 4 is 17.8 Å². The zero-order chi connectivity index (χ0) is 13.6. The number of nitrogens with one attached hydrogen (secondary N) is 1. The molecule has 0 spiro atoms. The van der Waals surface area contributed by atoms with Crippen LogP contribution < -0.4 is 11.1 Å². The standard InChI is InChI=1S/C10H18N2O5/c1-5(2)6(11)3-8(13)12-7(10(16)17)4-9(14)15/h5-7H,3-4,11H2,1-2H3,(H,12,13)(H,14,15)(H,16,17). The summed E-state index contributed by atoms with van der Waals surface area (Å²) >= 11 is 0. The summed E-state index contributed by atoms with van der Waals surface area (Å²) in [7, 11) is 0. The summed E-state index contributed by atoms with van der Waals surface area (Å²) in [5, 5.41) is 19.3. The van der Waals surface area contributed by atoms with Gasteiger partial charge in [0.05, 0.1) is 6.42 Å². The minimum atomic E-state index is -1.42. The lowest BCUT2D eigenvalue weighted by atomic mass is 10.0. The number of amides is 1. The van der Waals surface area contributed by atoms with Gasteiger partial charge >= 0.3 is 11.9 Å². The molecule has 0 fully saturated rings. The van der Waals surface area contributed by atoms with Crippen LogP contribution in [0.25, 0.3) is 0 Å². The van der Waals surface area contributed by atoms with E-state index in [1.165, 1.54) is 0 Å². The number of aliphatic carboxylic acids is 2. The number of hydrogen-bond donors (Lipinski definition) is 4. The fourth-order valence-electron chi connectivity index (χ4n) is 1.08. The van der Waals surface area contributed by atoms with Crippen LogP contribution in [0.2, 0.25) is 0 Å². The van der Waals surface area contributed by atoms with Crippen molar-refractivity contribution in [3.8, 4) is 0 Å². The lowest BCUT2D eigenvalue weighted by Gasteiger charge is -2.17. The Balaban J connectivity index is 4.31. The lowest BCUT2D eigenvalue weighted by molar-refractivity contribution is -0.147. The Morgan fingerprint density at radius 3 is 2.06 bits per heavy atom. The van der Waals surface area contributed by atoms with Crippen molar-refractivity contribution in [3.05, 3.63) is 0 Å². The van der Waals surface area contributed by atoms with E-state index in [-0.39, 0.29) is 18.4 Å². The molecule has 5 N–H and O–H groups in total. The van der Waals surface area contributed by atoms with E-state index in [9.17, 15) is 14.4 Å². The third-order valence-electron chi connectivity index (χ3n) is 2.29. The second-order valence-electron chi connectivity index (χ2n) is 4.17. The molecule has 0 aromatic rings. The topological polar surface area (TPSA) is 130 Å². The first-order valence-corrected chi connectivity index (χ1v) is 5.23. The Kier molecular flexibility index (Phi) is 6.19. The largest absolute Gasteiger partial charge is 0.481 e. The van der Waals surface area contributed by atoms with E-state index >= 15 is 0 Å². The Morgan fingerprint density at radius 2 is 1.71 bits per heavy atom. The van der Waals surface area contributed by atoms with Crippen LogP contribution in [0.4, 0.5) is 0 Å². The molecule has 0 aromatic carbocycles. The molecule has 1 amide bonds. The van der Waals surface area contributed by atoms with E-state index in [2.05, 4.69) is 5.32 Å². The van der Waals surface area contributed by atoms with Crippen LogP contribution in [0, 0.1) is 5.92 Å². The van der Waals surface area contributed by atoms with E-state index in [0.717, 1.165) is 0 Å². The number of hydrogen-bond acceptors (Lipinski definition) is 4. The zero-order valence-electron chi connectivity index (χ0n) is 9.84. The first-order chi connectivity index (χ1) is 7.73. The molecular formula is C10H18N2O5. The molecule has 0 saturated heterocycles. The highest BCUT2D eigenvalue weighted by molar-refractivity contribution is 5.86. The zero-order valence-corrected chi connectivity index (χ0v) is 9.84. The van der Waals surface area contributed by atoms with Gasteiger partial charge in [0, 0.05) is 12.5 Å². The predicted octanol–water partition coefficient (Wildman–Crippen LogP) is -0.596. The second kappa shape index (κ2) is 6.85. The van der Waals surface area contributed by atoms with E-state index in [0.29, 0.717) is 0 Å². The number of carboxylic acid groups (broad SMARTS) is 2. The van der Waals surface area contributed by atoms with Crippen LogP contribution in [0.15, 0.2) is 0 Å². The van der Waals surface area contributed by atoms with Gasteiger partial charge < -0.3 is 21.3 Å². The number of carbonyl (C=O) groups is 3. The lowest BCUT2D eigenvalue weighted by Crippen LogP contribution is -2.44. The van der Waals surface area contributed by atoms with Crippen molar-refractivity contribution in [3.63, 3.8) is 0 Å². The maximum Gasteiger partial charge on any atom is 0.326 e. The van der Waals surface area contributed by atoms with E-state index in [1.807, 2.05) is 13.8 Å². The first kappa shape index (κ1) is 15.4. The molecule has 0 rings (SSSR count). The van der Waals surface area contributed by atoms with Gasteiger partial charge in [-0.25, -0.2) is 4.79 Å². The summed E-state index contributed by atoms with van der Waals surface area (Å²) in [6, 6.07) is -1.80. The van der Waals surface area contributed by atoms with Gasteiger partial charge in [0.1, 0.15) is 6.04 Å². The number of carbonyl (C=O) groups excluding carboxylic acids is 1. The molecule has 0 aliphatic carbocycles. The van der Waals surface area contributed by atoms with Crippen LogP contribution in [0.3, 0.4) is 0 Å². The van der Waals surface area contributed by atoms with E-state index < -0.39 is 30.3 Å². The molecule has 0 saturated carbocycles. The molecule has 2 atom stereocenters. The average molecular weight is 246 g/mol. The molecule has 17 heavy (non-hydrogen) atoms. The molecule has 0 aromatic heterocycles. The molecular weight excluding hydrogens is 228 g/mol. The van der Waals surface area contributed by atoms with Crippen molar-refractivity contribution in [2.45, 2.75) is 38.8 Å². The predicted molar refractivity (Wildman–Crippen MR) is 59.2 cm³/mol. The average Bonchev–Trinajstić information content (AvgIpc) is 2.15. The molecule has 0 aliphatic rings. The summed E-state index contributed by atoms with van der Waals surface area (Å²) in [6.07, 6.45) is -0.681. The fraction of sp³-hybridized carbons (Fsp3) is 0.700. The Bertz CT molecular complexity index is 303. The highest BCUT2D eigenvalue weighted by Crippen LogP contribution is 2.03. The van der Waals surface area contributed by atoms with E-state index in [4.69, 9.17) is 15.9 Å². The van der Waals surface area contributed by atoms with Crippen molar-refractivity contribution < 1.29 is 24.6 Å². The van der Waals surface area contributed by atoms with Crippen molar-refractivity contribution in [2.24, 2.45) is 11.7 Å². The van der Waals surface area contributed by atoms with Gasteiger partial charge in [0.2, 0.25) is 5.91 Å². The van der Waals surface area contributed by atoms with Crippen LogP contribution in [0.5, 0.6) is 0 Å². The highest BCUT2D eigenvalue weighted by Gasteiger charge is 2.24. The molecule has 2 unspecified atom stereocenters. The Hall–Kier alpha value is -1.63. The minimum absolute atomic E-state index is 0.0267. The van der Waals surface area contributed by atoms with Gasteiger partial charge in [-0.15, -0.1) is 0 Å².